The maximum Gasteiger partial charge on any atom is 0.265 e. The Bertz CT molecular complexity index is 754. The van der Waals surface area contributed by atoms with Gasteiger partial charge in [-0.1, -0.05) is 12.1 Å². The largest absolute Gasteiger partial charge is 0.477 e. The quantitative estimate of drug-likeness (QED) is 0.834. The van der Waals surface area contributed by atoms with Crippen LogP contribution < -0.4 is 9.64 Å². The molecule has 4 rings (SSSR count). The number of morpholine rings is 1. The third kappa shape index (κ3) is 3.19. The van der Waals surface area contributed by atoms with Gasteiger partial charge in [0, 0.05) is 26.3 Å². The molecule has 25 heavy (non-hydrogen) atoms. The first-order chi connectivity index (χ1) is 12.2. The number of hydrogen-bond acceptors (Lipinski definition) is 5. The Morgan fingerprint density at radius 3 is 2.80 bits per heavy atom. The van der Waals surface area contributed by atoms with Crippen LogP contribution in [0.25, 0.3) is 0 Å². The van der Waals surface area contributed by atoms with Crippen LogP contribution in [0.1, 0.15) is 5.69 Å². The Kier molecular flexibility index (Phi) is 4.31. The monoisotopic (exact) mass is 342 g/mol. The number of fused-ring (bicyclic) bond motifs is 1. The van der Waals surface area contributed by atoms with Gasteiger partial charge in [-0.2, -0.15) is 5.10 Å². The number of amides is 1. The highest BCUT2D eigenvalue weighted by Gasteiger charge is 2.34. The van der Waals surface area contributed by atoms with Crippen LogP contribution in [0, 0.1) is 0 Å². The molecule has 0 unspecified atom stereocenters. The van der Waals surface area contributed by atoms with E-state index in [0.29, 0.717) is 39.4 Å². The van der Waals surface area contributed by atoms with Gasteiger partial charge in [0.05, 0.1) is 37.7 Å². The smallest absolute Gasteiger partial charge is 0.265 e. The van der Waals surface area contributed by atoms with Gasteiger partial charge in [-0.25, -0.2) is 0 Å². The Morgan fingerprint density at radius 1 is 1.24 bits per heavy atom. The van der Waals surface area contributed by atoms with Gasteiger partial charge in [0.1, 0.15) is 5.75 Å². The van der Waals surface area contributed by atoms with Crippen LogP contribution in [0.5, 0.6) is 5.75 Å². The molecule has 7 nitrogen and oxygen atoms in total. The van der Waals surface area contributed by atoms with Crippen molar-refractivity contribution in [1.29, 1.82) is 0 Å². The fraction of sp³-hybridized carbons (Fsp3) is 0.444. The summed E-state index contributed by atoms with van der Waals surface area (Å²) >= 11 is 0. The van der Waals surface area contributed by atoms with Gasteiger partial charge < -0.3 is 19.3 Å². The molecule has 7 heteroatoms. The molecule has 1 aromatic carbocycles. The van der Waals surface area contributed by atoms with Gasteiger partial charge >= 0.3 is 0 Å². The molecular formula is C18H22N4O3. The highest BCUT2D eigenvalue weighted by atomic mass is 16.5. The number of rotatable bonds is 3. The third-order valence-electron chi connectivity index (χ3n) is 4.73. The molecule has 0 N–H and O–H groups in total. The van der Waals surface area contributed by atoms with Gasteiger partial charge in [-0.15, -0.1) is 0 Å². The topological polar surface area (TPSA) is 59.8 Å². The number of anilines is 1. The normalized spacial score (nSPS) is 20.1. The van der Waals surface area contributed by atoms with Crippen molar-refractivity contribution in [3.05, 3.63) is 42.2 Å². The van der Waals surface area contributed by atoms with Crippen LogP contribution in [0.4, 0.5) is 5.69 Å². The van der Waals surface area contributed by atoms with Gasteiger partial charge in [0.25, 0.3) is 5.91 Å². The van der Waals surface area contributed by atoms with Crippen molar-refractivity contribution < 1.29 is 14.3 Å². The predicted molar refractivity (Wildman–Crippen MR) is 92.5 cm³/mol. The Morgan fingerprint density at radius 2 is 2.04 bits per heavy atom. The summed E-state index contributed by atoms with van der Waals surface area (Å²) in [6.07, 6.45) is 1.29. The third-order valence-corrected chi connectivity index (χ3v) is 4.73. The summed E-state index contributed by atoms with van der Waals surface area (Å²) < 4.78 is 13.2. The average molecular weight is 342 g/mol. The van der Waals surface area contributed by atoms with Crippen LogP contribution in [0.3, 0.4) is 0 Å². The first kappa shape index (κ1) is 16.0. The van der Waals surface area contributed by atoms with Crippen molar-refractivity contribution in [2.75, 3.05) is 37.7 Å². The van der Waals surface area contributed by atoms with Crippen LogP contribution in [-0.4, -0.2) is 59.5 Å². The fourth-order valence-electron chi connectivity index (χ4n) is 3.32. The average Bonchev–Trinajstić information content (AvgIpc) is 3.06. The lowest BCUT2D eigenvalue weighted by atomic mass is 10.1. The second-order valence-corrected chi connectivity index (χ2v) is 6.34. The molecule has 3 heterocycles. The SMILES string of the molecule is Cn1nccc1CN1C[C@H](C(=O)N2CCOCC2)Oc2ccccc21. The van der Waals surface area contributed by atoms with E-state index in [-0.39, 0.29) is 5.91 Å². The van der Waals surface area contributed by atoms with E-state index in [1.54, 1.807) is 6.20 Å². The second kappa shape index (κ2) is 6.76. The minimum Gasteiger partial charge on any atom is -0.477 e. The van der Waals surface area contributed by atoms with E-state index in [4.69, 9.17) is 9.47 Å². The van der Waals surface area contributed by atoms with Crippen molar-refractivity contribution in [3.8, 4) is 5.75 Å². The van der Waals surface area contributed by atoms with E-state index in [1.807, 2.05) is 47.0 Å². The zero-order chi connectivity index (χ0) is 17.2. The molecule has 1 amide bonds. The molecule has 132 valence electrons. The Labute approximate surface area is 146 Å². The molecule has 0 radical (unpaired) electrons. The number of benzene rings is 1. The standard InChI is InChI=1S/C18H22N4O3/c1-20-14(6-7-19-20)12-22-13-17(18(23)21-8-10-24-11-9-21)25-16-5-3-2-4-15(16)22/h2-7,17H,8-13H2,1H3/t17-/m1/s1. The maximum atomic E-state index is 12.9. The maximum absolute atomic E-state index is 12.9. The molecule has 2 aliphatic heterocycles. The van der Waals surface area contributed by atoms with Crippen LogP contribution in [0.15, 0.2) is 36.5 Å². The summed E-state index contributed by atoms with van der Waals surface area (Å²) in [5.41, 5.74) is 2.10. The number of aryl methyl sites for hydroxylation is 1. The van der Waals surface area contributed by atoms with Crippen molar-refractivity contribution in [2.24, 2.45) is 7.05 Å². The number of carbonyl (C=O) groups is 1. The van der Waals surface area contributed by atoms with Gasteiger partial charge in [0.2, 0.25) is 0 Å². The molecule has 0 aliphatic carbocycles. The lowest BCUT2D eigenvalue weighted by Crippen LogP contribution is -2.52. The van der Waals surface area contributed by atoms with Crippen molar-refractivity contribution >= 4 is 11.6 Å². The minimum atomic E-state index is -0.499. The van der Waals surface area contributed by atoms with Crippen LogP contribution in [-0.2, 0) is 23.1 Å². The van der Waals surface area contributed by atoms with E-state index in [2.05, 4.69) is 10.00 Å². The van der Waals surface area contributed by atoms with E-state index in [0.717, 1.165) is 17.1 Å². The zero-order valence-electron chi connectivity index (χ0n) is 14.3. The molecule has 0 saturated carbocycles. The number of carbonyl (C=O) groups excluding carboxylic acids is 1. The number of ether oxygens (including phenoxy) is 2. The molecule has 1 aromatic heterocycles. The number of aromatic nitrogens is 2. The zero-order valence-corrected chi connectivity index (χ0v) is 14.3. The lowest BCUT2D eigenvalue weighted by molar-refractivity contribution is -0.142. The number of hydrogen-bond donors (Lipinski definition) is 0. The molecule has 2 aliphatic rings. The summed E-state index contributed by atoms with van der Waals surface area (Å²) in [5, 5.41) is 4.24. The summed E-state index contributed by atoms with van der Waals surface area (Å²) in [6.45, 7) is 3.65. The van der Waals surface area contributed by atoms with E-state index >= 15 is 0 Å². The molecule has 1 fully saturated rings. The number of para-hydroxylation sites is 2. The molecule has 2 aromatic rings. The molecule has 1 saturated heterocycles. The molecular weight excluding hydrogens is 320 g/mol. The Balaban J connectivity index is 1.57. The van der Waals surface area contributed by atoms with Crippen molar-refractivity contribution in [2.45, 2.75) is 12.6 Å². The molecule has 0 bridgehead atoms. The van der Waals surface area contributed by atoms with Crippen molar-refractivity contribution in [1.82, 2.24) is 14.7 Å². The summed E-state index contributed by atoms with van der Waals surface area (Å²) in [6, 6.07) is 9.87. The predicted octanol–water partition coefficient (Wildman–Crippen LogP) is 1.05. The van der Waals surface area contributed by atoms with Gasteiger partial charge in [-0.3, -0.25) is 9.48 Å². The highest BCUT2D eigenvalue weighted by Crippen LogP contribution is 2.34. The van der Waals surface area contributed by atoms with Gasteiger partial charge in [-0.05, 0) is 18.2 Å². The minimum absolute atomic E-state index is 0.0350. The summed E-state index contributed by atoms with van der Waals surface area (Å²) in [5.74, 6) is 0.787. The van der Waals surface area contributed by atoms with Gasteiger partial charge in [0.15, 0.2) is 6.10 Å². The second-order valence-electron chi connectivity index (χ2n) is 6.34. The summed E-state index contributed by atoms with van der Waals surface area (Å²) in [4.78, 5) is 16.9. The molecule has 1 atom stereocenters. The highest BCUT2D eigenvalue weighted by molar-refractivity contribution is 5.83. The van der Waals surface area contributed by atoms with E-state index in [9.17, 15) is 4.79 Å². The Hall–Kier alpha value is -2.54. The van der Waals surface area contributed by atoms with Crippen LogP contribution in [0.2, 0.25) is 0 Å². The first-order valence-corrected chi connectivity index (χ1v) is 8.56. The summed E-state index contributed by atoms with van der Waals surface area (Å²) in [7, 11) is 1.93. The fourth-order valence-corrected chi connectivity index (χ4v) is 3.32. The van der Waals surface area contributed by atoms with Crippen molar-refractivity contribution in [3.63, 3.8) is 0 Å². The first-order valence-electron chi connectivity index (χ1n) is 8.56. The van der Waals surface area contributed by atoms with E-state index in [1.165, 1.54) is 0 Å². The lowest BCUT2D eigenvalue weighted by Gasteiger charge is -2.38. The molecule has 0 spiro atoms. The van der Waals surface area contributed by atoms with Crippen LogP contribution >= 0.6 is 0 Å². The van der Waals surface area contributed by atoms with E-state index < -0.39 is 6.10 Å². The number of nitrogens with zero attached hydrogens (tertiary/aromatic N) is 4.